The van der Waals surface area contributed by atoms with Crippen molar-refractivity contribution < 1.29 is 27.2 Å². The summed E-state index contributed by atoms with van der Waals surface area (Å²) in [4.78, 5) is 37.0. The first kappa shape index (κ1) is 20.8. The van der Waals surface area contributed by atoms with E-state index in [1.807, 2.05) is 13.0 Å². The van der Waals surface area contributed by atoms with Gasteiger partial charge in [-0.25, -0.2) is 18.0 Å². The number of carbonyl (C=O) groups excluding carboxylic acids is 2. The first-order chi connectivity index (χ1) is 15.8. The number of hydrogen-bond acceptors (Lipinski definition) is 7. The predicted octanol–water partition coefficient (Wildman–Crippen LogP) is 3.84. The van der Waals surface area contributed by atoms with E-state index in [2.05, 4.69) is 0 Å². The lowest BCUT2D eigenvalue weighted by molar-refractivity contribution is 0.0473. The molecule has 0 N–H and O–H groups in total. The summed E-state index contributed by atoms with van der Waals surface area (Å²) in [6.45, 7) is 1.65. The monoisotopic (exact) mass is 460 g/mol. The molecule has 33 heavy (non-hydrogen) atoms. The number of hydrogen-bond donors (Lipinski definition) is 0. The van der Waals surface area contributed by atoms with Crippen LogP contribution < -0.4 is 5.63 Å². The molecule has 4 aromatic rings. The third kappa shape index (κ3) is 3.44. The van der Waals surface area contributed by atoms with Crippen molar-refractivity contribution in [3.63, 3.8) is 0 Å². The average Bonchev–Trinajstić information content (AvgIpc) is 2.80. The van der Waals surface area contributed by atoms with Crippen molar-refractivity contribution in [3.05, 3.63) is 105 Å². The van der Waals surface area contributed by atoms with E-state index in [0.717, 1.165) is 11.6 Å². The second-order valence-corrected chi connectivity index (χ2v) is 9.59. The van der Waals surface area contributed by atoms with Gasteiger partial charge in [-0.2, -0.15) is 0 Å². The molecule has 0 bridgehead atoms. The number of ether oxygens (including phenoxy) is 1. The zero-order valence-corrected chi connectivity index (χ0v) is 18.1. The number of ketones is 1. The van der Waals surface area contributed by atoms with Crippen LogP contribution in [0.15, 0.2) is 85.7 Å². The summed E-state index contributed by atoms with van der Waals surface area (Å²) in [6, 6.07) is 16.4. The Morgan fingerprint density at radius 2 is 1.67 bits per heavy atom. The molecule has 0 atom stereocenters. The molecule has 5 rings (SSSR count). The van der Waals surface area contributed by atoms with Gasteiger partial charge in [-0.1, -0.05) is 24.3 Å². The molecule has 1 aliphatic rings. The largest absolute Gasteiger partial charge is 0.457 e. The summed E-state index contributed by atoms with van der Waals surface area (Å²) in [6.07, 6.45) is 0. The Labute approximate surface area is 188 Å². The third-order valence-electron chi connectivity index (χ3n) is 5.52. The average molecular weight is 460 g/mol. The van der Waals surface area contributed by atoms with E-state index < -0.39 is 27.2 Å². The van der Waals surface area contributed by atoms with Gasteiger partial charge < -0.3 is 9.15 Å². The highest BCUT2D eigenvalue weighted by Gasteiger charge is 2.35. The second kappa shape index (κ2) is 7.53. The van der Waals surface area contributed by atoms with Gasteiger partial charge in [0.15, 0.2) is 5.78 Å². The van der Waals surface area contributed by atoms with Crippen molar-refractivity contribution in [1.82, 2.24) is 0 Å². The van der Waals surface area contributed by atoms with Crippen LogP contribution in [0.4, 0.5) is 0 Å². The minimum Gasteiger partial charge on any atom is -0.457 e. The summed E-state index contributed by atoms with van der Waals surface area (Å²) in [5.74, 6) is -1.21. The predicted molar refractivity (Wildman–Crippen MR) is 118 cm³/mol. The Hall–Kier alpha value is -4.04. The van der Waals surface area contributed by atoms with E-state index in [1.54, 1.807) is 18.2 Å². The molecule has 0 unspecified atom stereocenters. The van der Waals surface area contributed by atoms with Gasteiger partial charge in [0.1, 0.15) is 12.2 Å². The van der Waals surface area contributed by atoms with Crippen LogP contribution in [0.2, 0.25) is 0 Å². The molecular formula is C25H16O7S. The maximum atomic E-state index is 13.1. The Morgan fingerprint density at radius 3 is 2.48 bits per heavy atom. The van der Waals surface area contributed by atoms with Gasteiger partial charge in [-0.15, -0.1) is 0 Å². The Bertz CT molecular complexity index is 1650. The summed E-state index contributed by atoms with van der Waals surface area (Å²) < 4.78 is 36.7. The fourth-order valence-corrected chi connectivity index (χ4v) is 5.57. The van der Waals surface area contributed by atoms with Crippen molar-refractivity contribution in [3.8, 4) is 0 Å². The number of aryl methyl sites for hydroxylation is 1. The summed E-state index contributed by atoms with van der Waals surface area (Å²) >= 11 is 0. The SMILES string of the molecule is Cc1ccc2c(COC(=O)c3ccc4c(c3)S(=O)(=O)c3ccccc3C4=O)cc(=O)oc2c1. The zero-order chi connectivity index (χ0) is 23.3. The van der Waals surface area contributed by atoms with Crippen LogP contribution in [0.5, 0.6) is 0 Å². The molecule has 7 nitrogen and oxygen atoms in total. The molecule has 164 valence electrons. The summed E-state index contributed by atoms with van der Waals surface area (Å²) in [5.41, 5.74) is 1.27. The van der Waals surface area contributed by atoms with Gasteiger partial charge >= 0.3 is 11.6 Å². The van der Waals surface area contributed by atoms with Crippen LogP contribution in [0, 0.1) is 6.92 Å². The maximum absolute atomic E-state index is 13.1. The normalized spacial score (nSPS) is 13.9. The van der Waals surface area contributed by atoms with Crippen molar-refractivity contribution in [2.45, 2.75) is 23.3 Å². The van der Waals surface area contributed by atoms with E-state index in [0.29, 0.717) is 16.5 Å². The van der Waals surface area contributed by atoms with Crippen LogP contribution in [-0.4, -0.2) is 20.2 Å². The van der Waals surface area contributed by atoms with Gasteiger partial charge in [0.2, 0.25) is 9.84 Å². The number of rotatable bonds is 3. The molecule has 3 aromatic carbocycles. The lowest BCUT2D eigenvalue weighted by atomic mass is 10.0. The van der Waals surface area contributed by atoms with Gasteiger partial charge in [-0.05, 0) is 48.9 Å². The number of sulfone groups is 1. The van der Waals surface area contributed by atoms with E-state index in [1.165, 1.54) is 36.4 Å². The van der Waals surface area contributed by atoms with Crippen LogP contribution >= 0.6 is 0 Å². The Kier molecular flexibility index (Phi) is 4.75. The molecule has 8 heteroatoms. The molecule has 0 saturated carbocycles. The molecule has 1 aliphatic heterocycles. The third-order valence-corrected chi connectivity index (χ3v) is 7.37. The van der Waals surface area contributed by atoms with Crippen LogP contribution in [0.1, 0.15) is 37.4 Å². The smallest absolute Gasteiger partial charge is 0.338 e. The van der Waals surface area contributed by atoms with Crippen molar-refractivity contribution in [2.75, 3.05) is 0 Å². The first-order valence-electron chi connectivity index (χ1n) is 9.99. The van der Waals surface area contributed by atoms with E-state index in [9.17, 15) is 22.8 Å². The molecule has 0 amide bonds. The molecule has 0 fully saturated rings. The maximum Gasteiger partial charge on any atom is 0.338 e. The number of esters is 1. The van der Waals surface area contributed by atoms with Crippen molar-refractivity contribution in [1.29, 1.82) is 0 Å². The lowest BCUT2D eigenvalue weighted by Crippen LogP contribution is -2.21. The van der Waals surface area contributed by atoms with Gasteiger partial charge in [0, 0.05) is 28.1 Å². The Balaban J connectivity index is 1.47. The minimum atomic E-state index is -3.98. The minimum absolute atomic E-state index is 0.00674. The fraction of sp³-hybridized carbons (Fsp3) is 0.0800. The highest BCUT2D eigenvalue weighted by atomic mass is 32.2. The lowest BCUT2D eigenvalue weighted by Gasteiger charge is -2.19. The molecule has 0 aliphatic carbocycles. The molecule has 0 spiro atoms. The summed E-state index contributed by atoms with van der Waals surface area (Å²) in [7, 11) is -3.98. The molecule has 0 saturated heterocycles. The van der Waals surface area contributed by atoms with Crippen LogP contribution in [0.25, 0.3) is 11.0 Å². The van der Waals surface area contributed by atoms with E-state index in [4.69, 9.17) is 9.15 Å². The molecule has 1 aromatic heterocycles. The van der Waals surface area contributed by atoms with Gasteiger partial charge in [0.25, 0.3) is 0 Å². The summed E-state index contributed by atoms with van der Waals surface area (Å²) in [5, 5.41) is 0.628. The van der Waals surface area contributed by atoms with E-state index in [-0.39, 0.29) is 33.1 Å². The molecule has 0 radical (unpaired) electrons. The topological polar surface area (TPSA) is 108 Å². The highest BCUT2D eigenvalue weighted by Crippen LogP contribution is 2.35. The molecular weight excluding hydrogens is 444 g/mol. The quantitative estimate of drug-likeness (QED) is 0.297. The molecule has 2 heterocycles. The van der Waals surface area contributed by atoms with Crippen molar-refractivity contribution >= 4 is 32.6 Å². The number of benzene rings is 3. The Morgan fingerprint density at radius 1 is 0.909 bits per heavy atom. The van der Waals surface area contributed by atoms with Crippen LogP contribution in [0.3, 0.4) is 0 Å². The standard InChI is InChI=1S/C25H16O7S/c1-14-6-8-17-16(12-23(26)32-20(17)10-14)13-31-25(28)15-7-9-19-22(11-15)33(29,30)21-5-3-2-4-18(21)24(19)27/h2-12H,13H2,1H3. The second-order valence-electron chi connectivity index (χ2n) is 7.71. The highest BCUT2D eigenvalue weighted by molar-refractivity contribution is 7.91. The van der Waals surface area contributed by atoms with Crippen molar-refractivity contribution in [2.24, 2.45) is 0 Å². The number of carbonyl (C=O) groups is 2. The van der Waals surface area contributed by atoms with E-state index >= 15 is 0 Å². The fourth-order valence-electron chi connectivity index (χ4n) is 3.89. The zero-order valence-electron chi connectivity index (χ0n) is 17.3. The first-order valence-corrected chi connectivity index (χ1v) is 11.5. The van der Waals surface area contributed by atoms with Crippen LogP contribution in [-0.2, 0) is 21.2 Å². The number of fused-ring (bicyclic) bond motifs is 3. The van der Waals surface area contributed by atoms with Gasteiger partial charge in [0.05, 0.1) is 15.4 Å². The van der Waals surface area contributed by atoms with Gasteiger partial charge in [-0.3, -0.25) is 4.79 Å².